The van der Waals surface area contributed by atoms with Gasteiger partial charge in [0.05, 0.1) is 5.69 Å². The molecule has 4 nitrogen and oxygen atoms in total. The molecule has 0 bridgehead atoms. The third kappa shape index (κ3) is 4.33. The summed E-state index contributed by atoms with van der Waals surface area (Å²) in [6.45, 7) is 4.64. The molecule has 0 spiro atoms. The van der Waals surface area contributed by atoms with Gasteiger partial charge in [0.2, 0.25) is 5.13 Å². The molecule has 7 heteroatoms. The summed E-state index contributed by atoms with van der Waals surface area (Å²) in [6.07, 6.45) is 0.126. The molecular formula is C15H19BrClFN2O2. The first-order chi connectivity index (χ1) is 10.4. The molecule has 1 atom stereocenters. The van der Waals surface area contributed by atoms with Gasteiger partial charge in [-0.3, -0.25) is 4.79 Å². The van der Waals surface area contributed by atoms with E-state index < -0.39 is 11.1 Å². The van der Waals surface area contributed by atoms with E-state index in [1.165, 1.54) is 13.0 Å². The van der Waals surface area contributed by atoms with E-state index in [4.69, 9.17) is 16.3 Å². The summed E-state index contributed by atoms with van der Waals surface area (Å²) in [5, 5.41) is 1.72. The Morgan fingerprint density at radius 2 is 2.18 bits per heavy atom. The van der Waals surface area contributed by atoms with E-state index >= 15 is 0 Å². The van der Waals surface area contributed by atoms with Gasteiger partial charge in [-0.15, -0.1) is 0 Å². The van der Waals surface area contributed by atoms with E-state index in [1.54, 1.807) is 12.1 Å². The number of carbonyl (C=O) groups is 1. The van der Waals surface area contributed by atoms with Crippen molar-refractivity contribution in [2.75, 3.05) is 36.4 Å². The molecule has 1 aromatic carbocycles. The molecule has 1 aromatic rings. The number of esters is 1. The predicted molar refractivity (Wildman–Crippen MR) is 89.9 cm³/mol. The Balaban J connectivity index is 2.35. The fraction of sp³-hybridized carbons (Fsp3) is 0.533. The van der Waals surface area contributed by atoms with Crippen molar-refractivity contribution in [1.82, 2.24) is 5.32 Å². The number of ether oxygens (including phenoxy) is 1. The van der Waals surface area contributed by atoms with Crippen molar-refractivity contribution in [3.63, 3.8) is 0 Å². The van der Waals surface area contributed by atoms with E-state index in [9.17, 15) is 9.18 Å². The van der Waals surface area contributed by atoms with Crippen LogP contribution in [0.15, 0.2) is 18.2 Å². The van der Waals surface area contributed by atoms with Gasteiger partial charge in [-0.05, 0) is 12.1 Å². The number of benzene rings is 1. The van der Waals surface area contributed by atoms with Crippen molar-refractivity contribution in [1.29, 1.82) is 0 Å². The molecule has 1 aliphatic rings. The van der Waals surface area contributed by atoms with E-state index in [1.807, 2.05) is 0 Å². The van der Waals surface area contributed by atoms with Gasteiger partial charge >= 0.3 is 5.97 Å². The second-order valence-corrected chi connectivity index (χ2v) is 6.55. The Morgan fingerprint density at radius 3 is 2.77 bits per heavy atom. The third-order valence-corrected chi connectivity index (χ3v) is 4.31. The van der Waals surface area contributed by atoms with Crippen molar-refractivity contribution < 1.29 is 13.9 Å². The largest absolute Gasteiger partial charge is 0.424 e. The number of nitrogens with zero attached hydrogens (tertiary/aromatic N) is 1. The minimum Gasteiger partial charge on any atom is -0.424 e. The molecule has 0 saturated carbocycles. The van der Waals surface area contributed by atoms with Crippen molar-refractivity contribution in [2.45, 2.75) is 18.5 Å². The van der Waals surface area contributed by atoms with Gasteiger partial charge in [-0.1, -0.05) is 33.6 Å². The number of hydrogen-bond donors (Lipinski definition) is 1. The van der Waals surface area contributed by atoms with E-state index in [2.05, 4.69) is 26.1 Å². The average molecular weight is 394 g/mol. The lowest BCUT2D eigenvalue weighted by Crippen LogP contribution is -2.43. The van der Waals surface area contributed by atoms with Crippen LogP contribution >= 0.6 is 27.5 Å². The van der Waals surface area contributed by atoms with Crippen molar-refractivity contribution in [3.8, 4) is 5.75 Å². The Labute approximate surface area is 143 Å². The van der Waals surface area contributed by atoms with Gasteiger partial charge in [-0.25, -0.2) is 4.39 Å². The van der Waals surface area contributed by atoms with Crippen LogP contribution in [-0.2, 0) is 9.92 Å². The number of halogens is 3. The molecule has 1 heterocycles. The molecule has 0 aliphatic carbocycles. The highest BCUT2D eigenvalue weighted by Crippen LogP contribution is 2.40. The van der Waals surface area contributed by atoms with Gasteiger partial charge in [0.15, 0.2) is 5.75 Å². The minimum atomic E-state index is -1.99. The van der Waals surface area contributed by atoms with Gasteiger partial charge in [0, 0.05) is 50.4 Å². The van der Waals surface area contributed by atoms with Gasteiger partial charge in [0.1, 0.15) is 0 Å². The molecule has 122 valence electrons. The monoisotopic (exact) mass is 392 g/mol. The van der Waals surface area contributed by atoms with E-state index in [0.29, 0.717) is 16.6 Å². The smallest absolute Gasteiger partial charge is 0.308 e. The van der Waals surface area contributed by atoms with Gasteiger partial charge < -0.3 is 15.0 Å². The SMILES string of the molecule is CC(=O)Oc1cc(C(F)(Cl)CCBr)ccc1N1CCNCC1. The standard InChI is InChI=1S/C15H19BrClFN2O2/c1-11(21)22-14-10-12(15(17,18)4-5-16)2-3-13(14)20-8-6-19-7-9-20/h2-3,10,19H,4-9H2,1H3. The second-order valence-electron chi connectivity index (χ2n) is 5.16. The van der Waals surface area contributed by atoms with E-state index in [0.717, 1.165) is 31.9 Å². The maximum Gasteiger partial charge on any atom is 0.308 e. The molecule has 2 rings (SSSR count). The zero-order chi connectivity index (χ0) is 16.2. The molecular weight excluding hydrogens is 375 g/mol. The van der Waals surface area contributed by atoms with Crippen LogP contribution in [0.25, 0.3) is 0 Å². The Hall–Kier alpha value is -0.850. The van der Waals surface area contributed by atoms with Crippen LogP contribution in [0.2, 0.25) is 0 Å². The highest BCUT2D eigenvalue weighted by Gasteiger charge is 2.30. The lowest BCUT2D eigenvalue weighted by molar-refractivity contribution is -0.131. The number of alkyl halides is 3. The number of rotatable bonds is 5. The summed E-state index contributed by atoms with van der Waals surface area (Å²) in [4.78, 5) is 13.5. The first-order valence-electron chi connectivity index (χ1n) is 7.16. The lowest BCUT2D eigenvalue weighted by Gasteiger charge is -2.31. The molecule has 1 saturated heterocycles. The Morgan fingerprint density at radius 1 is 1.50 bits per heavy atom. The predicted octanol–water partition coefficient (Wildman–Crippen LogP) is 3.17. The average Bonchev–Trinajstić information content (AvgIpc) is 2.47. The summed E-state index contributed by atoms with van der Waals surface area (Å²) < 4.78 is 19.8. The molecule has 1 aliphatic heterocycles. The van der Waals surface area contributed by atoms with Crippen LogP contribution in [0.4, 0.5) is 10.1 Å². The summed E-state index contributed by atoms with van der Waals surface area (Å²) in [5.41, 5.74) is 1.08. The minimum absolute atomic E-state index is 0.126. The van der Waals surface area contributed by atoms with Gasteiger partial charge in [-0.2, -0.15) is 0 Å². The fourth-order valence-electron chi connectivity index (χ4n) is 2.41. The van der Waals surface area contributed by atoms with Gasteiger partial charge in [0.25, 0.3) is 0 Å². The summed E-state index contributed by atoms with van der Waals surface area (Å²) in [6, 6.07) is 4.94. The van der Waals surface area contributed by atoms with Crippen molar-refractivity contribution >= 4 is 39.2 Å². The normalized spacial score (nSPS) is 17.9. The van der Waals surface area contributed by atoms with Crippen LogP contribution in [0, 0.1) is 0 Å². The Kier molecular flexibility index (Phi) is 6.06. The Bertz CT molecular complexity index is 536. The third-order valence-electron chi connectivity index (χ3n) is 3.50. The topological polar surface area (TPSA) is 41.6 Å². The number of piperazine rings is 1. The quantitative estimate of drug-likeness (QED) is 0.474. The highest BCUT2D eigenvalue weighted by atomic mass is 79.9. The zero-order valence-corrected chi connectivity index (χ0v) is 14.7. The first-order valence-corrected chi connectivity index (χ1v) is 8.66. The molecule has 1 N–H and O–H groups in total. The molecule has 0 aromatic heterocycles. The van der Waals surface area contributed by atoms with Crippen LogP contribution in [0.1, 0.15) is 18.9 Å². The number of carbonyl (C=O) groups excluding carboxylic acids is 1. The van der Waals surface area contributed by atoms with Crippen molar-refractivity contribution in [3.05, 3.63) is 23.8 Å². The second kappa shape index (κ2) is 7.62. The maximum atomic E-state index is 14.5. The van der Waals surface area contributed by atoms with Crippen LogP contribution < -0.4 is 15.0 Å². The molecule has 22 heavy (non-hydrogen) atoms. The van der Waals surface area contributed by atoms with E-state index in [-0.39, 0.29) is 6.42 Å². The van der Waals surface area contributed by atoms with Crippen LogP contribution in [0.5, 0.6) is 5.75 Å². The van der Waals surface area contributed by atoms with Crippen LogP contribution in [-0.4, -0.2) is 37.5 Å². The molecule has 0 radical (unpaired) electrons. The maximum absolute atomic E-state index is 14.5. The lowest BCUT2D eigenvalue weighted by atomic mass is 10.1. The summed E-state index contributed by atoms with van der Waals surface area (Å²) in [7, 11) is 0. The molecule has 1 unspecified atom stereocenters. The van der Waals surface area contributed by atoms with Crippen molar-refractivity contribution in [2.24, 2.45) is 0 Å². The fourth-order valence-corrected chi connectivity index (χ4v) is 3.39. The zero-order valence-electron chi connectivity index (χ0n) is 12.4. The number of nitrogens with one attached hydrogen (secondary N) is 1. The first kappa shape index (κ1) is 17.5. The number of hydrogen-bond acceptors (Lipinski definition) is 4. The summed E-state index contributed by atoms with van der Waals surface area (Å²) >= 11 is 9.14. The highest BCUT2D eigenvalue weighted by molar-refractivity contribution is 9.09. The van der Waals surface area contributed by atoms with Crippen LogP contribution in [0.3, 0.4) is 0 Å². The summed E-state index contributed by atoms with van der Waals surface area (Å²) in [5.74, 6) is -0.0859. The molecule has 0 amide bonds. The number of anilines is 1. The molecule has 1 fully saturated rings.